The van der Waals surface area contributed by atoms with Gasteiger partial charge in [-0.15, -0.1) is 0 Å². The molecule has 1 saturated heterocycles. The van der Waals surface area contributed by atoms with Crippen LogP contribution in [0.3, 0.4) is 0 Å². The Hall–Kier alpha value is -2.44. The summed E-state index contributed by atoms with van der Waals surface area (Å²) in [4.78, 5) is 34.2. The number of hydrogen-bond donors (Lipinski definition) is 3. The summed E-state index contributed by atoms with van der Waals surface area (Å²) >= 11 is 0. The third-order valence-electron chi connectivity index (χ3n) is 3.31. The molecule has 2 amide bonds. The van der Waals surface area contributed by atoms with E-state index in [1.54, 1.807) is 6.07 Å². The standard InChI is InChI=1S/C14H15FN2O4/c15-9-4-2-1-3-8(9)7-11(14(20)21)17-13(19)10-5-6-12(18)16-10/h1-4,10-11H,5-7H2,(H,16,18)(H,17,19)(H,20,21)/t10-,11+/m1/s1. The highest BCUT2D eigenvalue weighted by Gasteiger charge is 2.30. The average Bonchev–Trinajstić information content (AvgIpc) is 2.87. The monoisotopic (exact) mass is 294 g/mol. The van der Waals surface area contributed by atoms with Crippen molar-refractivity contribution < 1.29 is 23.9 Å². The summed E-state index contributed by atoms with van der Waals surface area (Å²) in [5.74, 6) is -2.58. The molecule has 6 nitrogen and oxygen atoms in total. The Morgan fingerprint density at radius 1 is 1.43 bits per heavy atom. The van der Waals surface area contributed by atoms with Crippen molar-refractivity contribution in [2.45, 2.75) is 31.3 Å². The molecule has 21 heavy (non-hydrogen) atoms. The normalized spacial score (nSPS) is 18.9. The van der Waals surface area contributed by atoms with Crippen LogP contribution in [0.25, 0.3) is 0 Å². The van der Waals surface area contributed by atoms with Gasteiger partial charge in [0.05, 0.1) is 0 Å². The molecule has 0 saturated carbocycles. The molecule has 0 bridgehead atoms. The lowest BCUT2D eigenvalue weighted by atomic mass is 10.0. The Bertz CT molecular complexity index is 576. The van der Waals surface area contributed by atoms with E-state index in [2.05, 4.69) is 10.6 Å². The van der Waals surface area contributed by atoms with Gasteiger partial charge in [0, 0.05) is 12.8 Å². The van der Waals surface area contributed by atoms with Crippen LogP contribution in [0.4, 0.5) is 4.39 Å². The van der Waals surface area contributed by atoms with Crippen LogP contribution < -0.4 is 10.6 Å². The second-order valence-electron chi connectivity index (χ2n) is 4.85. The highest BCUT2D eigenvalue weighted by molar-refractivity contribution is 5.92. The molecule has 7 heteroatoms. The second-order valence-corrected chi connectivity index (χ2v) is 4.85. The fourth-order valence-electron chi connectivity index (χ4n) is 2.17. The maximum Gasteiger partial charge on any atom is 0.326 e. The number of rotatable bonds is 5. The van der Waals surface area contributed by atoms with Gasteiger partial charge in [-0.3, -0.25) is 9.59 Å². The molecule has 1 fully saturated rings. The molecule has 2 atom stereocenters. The number of hydrogen-bond acceptors (Lipinski definition) is 3. The van der Waals surface area contributed by atoms with Crippen molar-refractivity contribution in [2.24, 2.45) is 0 Å². The van der Waals surface area contributed by atoms with Gasteiger partial charge in [0.1, 0.15) is 17.9 Å². The van der Waals surface area contributed by atoms with Crippen molar-refractivity contribution in [1.82, 2.24) is 10.6 Å². The van der Waals surface area contributed by atoms with Crippen molar-refractivity contribution in [2.75, 3.05) is 0 Å². The molecule has 1 heterocycles. The maximum absolute atomic E-state index is 13.5. The van der Waals surface area contributed by atoms with Crippen LogP contribution in [0.5, 0.6) is 0 Å². The molecule has 1 aliphatic rings. The smallest absolute Gasteiger partial charge is 0.326 e. The van der Waals surface area contributed by atoms with Crippen LogP contribution in [-0.2, 0) is 20.8 Å². The van der Waals surface area contributed by atoms with Crippen LogP contribution in [0.1, 0.15) is 18.4 Å². The molecule has 112 valence electrons. The van der Waals surface area contributed by atoms with Crippen molar-refractivity contribution in [3.05, 3.63) is 35.6 Å². The maximum atomic E-state index is 13.5. The molecule has 3 N–H and O–H groups in total. The Labute approximate surface area is 120 Å². The molecule has 0 radical (unpaired) electrons. The summed E-state index contributed by atoms with van der Waals surface area (Å²) in [5.41, 5.74) is 0.209. The van der Waals surface area contributed by atoms with E-state index in [-0.39, 0.29) is 24.3 Å². The largest absolute Gasteiger partial charge is 0.480 e. The van der Waals surface area contributed by atoms with Crippen molar-refractivity contribution in [3.8, 4) is 0 Å². The first-order valence-electron chi connectivity index (χ1n) is 6.53. The Kier molecular flexibility index (Phi) is 4.52. The number of aliphatic carboxylic acids is 1. The minimum atomic E-state index is -1.25. The van der Waals surface area contributed by atoms with E-state index in [0.29, 0.717) is 6.42 Å². The minimum Gasteiger partial charge on any atom is -0.480 e. The van der Waals surface area contributed by atoms with Gasteiger partial charge in [-0.05, 0) is 18.1 Å². The summed E-state index contributed by atoms with van der Waals surface area (Å²) in [6.07, 6.45) is 0.411. The molecule has 1 aromatic rings. The molecular weight excluding hydrogens is 279 g/mol. The fraction of sp³-hybridized carbons (Fsp3) is 0.357. The quantitative estimate of drug-likeness (QED) is 0.723. The van der Waals surface area contributed by atoms with Crippen LogP contribution in [0.2, 0.25) is 0 Å². The zero-order valence-electron chi connectivity index (χ0n) is 11.1. The number of amides is 2. The molecule has 0 spiro atoms. The van der Waals surface area contributed by atoms with E-state index in [1.165, 1.54) is 18.2 Å². The summed E-state index contributed by atoms with van der Waals surface area (Å²) in [7, 11) is 0. The molecule has 0 aliphatic carbocycles. The number of carboxylic acid groups (broad SMARTS) is 1. The summed E-state index contributed by atoms with van der Waals surface area (Å²) < 4.78 is 13.5. The predicted molar refractivity (Wildman–Crippen MR) is 70.8 cm³/mol. The number of carbonyl (C=O) groups excluding carboxylic acids is 2. The van der Waals surface area contributed by atoms with E-state index >= 15 is 0 Å². The van der Waals surface area contributed by atoms with Gasteiger partial charge in [-0.25, -0.2) is 9.18 Å². The van der Waals surface area contributed by atoms with Crippen molar-refractivity contribution in [3.63, 3.8) is 0 Å². The second kappa shape index (κ2) is 6.34. The van der Waals surface area contributed by atoms with Crippen LogP contribution in [0.15, 0.2) is 24.3 Å². The first kappa shape index (κ1) is 15.0. The fourth-order valence-corrected chi connectivity index (χ4v) is 2.17. The van der Waals surface area contributed by atoms with Gasteiger partial charge in [0.15, 0.2) is 0 Å². The Morgan fingerprint density at radius 3 is 2.71 bits per heavy atom. The number of halogens is 1. The summed E-state index contributed by atoms with van der Waals surface area (Å²) in [6.45, 7) is 0. The summed E-state index contributed by atoms with van der Waals surface area (Å²) in [6, 6.07) is 3.83. The highest BCUT2D eigenvalue weighted by Crippen LogP contribution is 2.11. The first-order chi connectivity index (χ1) is 9.97. The number of carbonyl (C=O) groups is 3. The van der Waals surface area contributed by atoms with Gasteiger partial charge < -0.3 is 15.7 Å². The average molecular weight is 294 g/mol. The third kappa shape index (κ3) is 3.77. The van der Waals surface area contributed by atoms with E-state index in [4.69, 9.17) is 5.11 Å². The molecular formula is C14H15FN2O4. The Balaban J connectivity index is 2.03. The van der Waals surface area contributed by atoms with Crippen LogP contribution >= 0.6 is 0 Å². The molecule has 1 aliphatic heterocycles. The van der Waals surface area contributed by atoms with Gasteiger partial charge in [0.2, 0.25) is 11.8 Å². The van der Waals surface area contributed by atoms with Crippen LogP contribution in [-0.4, -0.2) is 35.0 Å². The van der Waals surface area contributed by atoms with E-state index in [9.17, 15) is 18.8 Å². The topological polar surface area (TPSA) is 95.5 Å². The van der Waals surface area contributed by atoms with Gasteiger partial charge in [-0.2, -0.15) is 0 Å². The van der Waals surface area contributed by atoms with E-state index in [1.807, 2.05) is 0 Å². The molecule has 0 unspecified atom stereocenters. The van der Waals surface area contributed by atoms with Gasteiger partial charge in [-0.1, -0.05) is 18.2 Å². The molecule has 1 aromatic carbocycles. The SMILES string of the molecule is O=C1CC[C@H](C(=O)N[C@@H](Cc2ccccc2F)C(=O)O)N1. The lowest BCUT2D eigenvalue weighted by Gasteiger charge is -2.17. The lowest BCUT2D eigenvalue weighted by molar-refractivity contribution is -0.142. The summed E-state index contributed by atoms with van der Waals surface area (Å²) in [5, 5.41) is 13.9. The highest BCUT2D eigenvalue weighted by atomic mass is 19.1. The van der Waals surface area contributed by atoms with E-state index in [0.717, 1.165) is 0 Å². The number of benzene rings is 1. The third-order valence-corrected chi connectivity index (χ3v) is 3.31. The lowest BCUT2D eigenvalue weighted by Crippen LogP contribution is -2.49. The minimum absolute atomic E-state index is 0.158. The number of carboxylic acids is 1. The predicted octanol–water partition coefficient (Wildman–Crippen LogP) is 0.216. The van der Waals surface area contributed by atoms with E-state index < -0.39 is 29.8 Å². The first-order valence-corrected chi connectivity index (χ1v) is 6.53. The van der Waals surface area contributed by atoms with Crippen molar-refractivity contribution >= 4 is 17.8 Å². The van der Waals surface area contributed by atoms with Crippen molar-refractivity contribution in [1.29, 1.82) is 0 Å². The molecule has 0 aromatic heterocycles. The number of nitrogens with one attached hydrogen (secondary N) is 2. The van der Waals surface area contributed by atoms with Gasteiger partial charge >= 0.3 is 5.97 Å². The van der Waals surface area contributed by atoms with Crippen LogP contribution in [0, 0.1) is 5.82 Å². The van der Waals surface area contributed by atoms with Gasteiger partial charge in [0.25, 0.3) is 0 Å². The zero-order valence-corrected chi connectivity index (χ0v) is 11.1. The Morgan fingerprint density at radius 2 is 2.14 bits per heavy atom. The zero-order chi connectivity index (χ0) is 15.4. The molecule has 2 rings (SSSR count).